The van der Waals surface area contributed by atoms with Crippen LogP contribution in [0.2, 0.25) is 0 Å². The standard InChI is InChI=1S/C12H17F3N2O/c1-2-3-4-5-9-6-10(16-8-18)7-11(17-9)12(13,14)15/h6-7,18H,2-5,8H2,1H3,(H,16,17). The number of unbranched alkanes of at least 4 members (excludes halogenated alkanes) is 2. The van der Waals surface area contributed by atoms with E-state index in [2.05, 4.69) is 10.3 Å². The third kappa shape index (κ3) is 4.52. The van der Waals surface area contributed by atoms with Gasteiger partial charge < -0.3 is 10.4 Å². The van der Waals surface area contributed by atoms with E-state index < -0.39 is 18.6 Å². The maximum Gasteiger partial charge on any atom is 0.433 e. The van der Waals surface area contributed by atoms with Crippen molar-refractivity contribution in [1.29, 1.82) is 0 Å². The summed E-state index contributed by atoms with van der Waals surface area (Å²) in [5.41, 5.74) is -0.284. The van der Waals surface area contributed by atoms with Crippen molar-refractivity contribution in [3.05, 3.63) is 23.5 Å². The molecule has 0 aliphatic carbocycles. The van der Waals surface area contributed by atoms with Crippen LogP contribution >= 0.6 is 0 Å². The Morgan fingerprint density at radius 2 is 2.00 bits per heavy atom. The van der Waals surface area contributed by atoms with Gasteiger partial charge in [-0.05, 0) is 25.0 Å². The SMILES string of the molecule is CCCCCc1cc(NCO)cc(C(F)(F)F)n1. The smallest absolute Gasteiger partial charge is 0.377 e. The van der Waals surface area contributed by atoms with Crippen LogP contribution in [0.4, 0.5) is 18.9 Å². The fourth-order valence-electron chi connectivity index (χ4n) is 1.61. The van der Waals surface area contributed by atoms with Gasteiger partial charge in [0.15, 0.2) is 0 Å². The first kappa shape index (κ1) is 14.8. The molecule has 0 fully saturated rings. The molecule has 0 amide bonds. The van der Waals surface area contributed by atoms with Crippen LogP contribution in [-0.4, -0.2) is 16.8 Å². The summed E-state index contributed by atoms with van der Waals surface area (Å²) in [6.45, 7) is 1.62. The Hall–Kier alpha value is -1.30. The third-order valence-corrected chi connectivity index (χ3v) is 2.49. The van der Waals surface area contributed by atoms with E-state index >= 15 is 0 Å². The molecular formula is C12H17F3N2O. The molecule has 6 heteroatoms. The van der Waals surface area contributed by atoms with Gasteiger partial charge in [0, 0.05) is 11.4 Å². The van der Waals surface area contributed by atoms with Crippen molar-refractivity contribution in [2.45, 2.75) is 38.8 Å². The first-order chi connectivity index (χ1) is 8.47. The minimum Gasteiger partial charge on any atom is -0.377 e. The van der Waals surface area contributed by atoms with Crippen LogP contribution in [0.1, 0.15) is 37.6 Å². The summed E-state index contributed by atoms with van der Waals surface area (Å²) in [5.74, 6) is 0. The van der Waals surface area contributed by atoms with Crippen LogP contribution in [0, 0.1) is 0 Å². The van der Waals surface area contributed by atoms with Crippen molar-refractivity contribution in [1.82, 2.24) is 4.98 Å². The van der Waals surface area contributed by atoms with Gasteiger partial charge in [-0.25, -0.2) is 4.98 Å². The maximum absolute atomic E-state index is 12.6. The molecule has 0 spiro atoms. The van der Waals surface area contributed by atoms with E-state index in [-0.39, 0.29) is 5.69 Å². The summed E-state index contributed by atoms with van der Waals surface area (Å²) < 4.78 is 37.9. The fraction of sp³-hybridized carbons (Fsp3) is 0.583. The summed E-state index contributed by atoms with van der Waals surface area (Å²) in [5, 5.41) is 11.2. The number of halogens is 3. The van der Waals surface area contributed by atoms with Gasteiger partial charge in [0.05, 0.1) is 0 Å². The molecule has 102 valence electrons. The van der Waals surface area contributed by atoms with Gasteiger partial charge in [0.25, 0.3) is 0 Å². The number of nitrogens with zero attached hydrogens (tertiary/aromatic N) is 1. The highest BCUT2D eigenvalue weighted by molar-refractivity contribution is 5.45. The second-order valence-electron chi connectivity index (χ2n) is 4.02. The molecule has 18 heavy (non-hydrogen) atoms. The molecule has 0 saturated carbocycles. The molecule has 1 rings (SSSR count). The van der Waals surface area contributed by atoms with Crippen LogP contribution in [0.3, 0.4) is 0 Å². The number of nitrogens with one attached hydrogen (secondary N) is 1. The first-order valence-corrected chi connectivity index (χ1v) is 5.90. The molecule has 0 atom stereocenters. The van der Waals surface area contributed by atoms with Gasteiger partial charge >= 0.3 is 6.18 Å². The van der Waals surface area contributed by atoms with E-state index in [1.165, 1.54) is 0 Å². The molecule has 0 aliphatic heterocycles. The van der Waals surface area contributed by atoms with E-state index in [0.717, 1.165) is 25.3 Å². The number of hydrogen-bond donors (Lipinski definition) is 2. The van der Waals surface area contributed by atoms with Crippen LogP contribution < -0.4 is 5.32 Å². The Morgan fingerprint density at radius 3 is 2.56 bits per heavy atom. The molecule has 0 saturated heterocycles. The number of alkyl halides is 3. The fourth-order valence-corrected chi connectivity index (χ4v) is 1.61. The van der Waals surface area contributed by atoms with Crippen molar-refractivity contribution >= 4 is 5.69 Å². The van der Waals surface area contributed by atoms with Gasteiger partial charge in [0.2, 0.25) is 0 Å². The summed E-state index contributed by atoms with van der Waals surface area (Å²) in [6.07, 6.45) is -1.19. The predicted octanol–water partition coefficient (Wildman–Crippen LogP) is 3.19. The van der Waals surface area contributed by atoms with E-state index in [4.69, 9.17) is 5.11 Å². The van der Waals surface area contributed by atoms with Crippen LogP contribution in [-0.2, 0) is 12.6 Å². The van der Waals surface area contributed by atoms with E-state index in [1.807, 2.05) is 6.92 Å². The lowest BCUT2D eigenvalue weighted by atomic mass is 10.1. The second-order valence-corrected chi connectivity index (χ2v) is 4.02. The molecule has 1 heterocycles. The summed E-state index contributed by atoms with van der Waals surface area (Å²) >= 11 is 0. The Bertz CT molecular complexity index is 380. The number of anilines is 1. The van der Waals surface area contributed by atoms with Crippen molar-refractivity contribution in [2.24, 2.45) is 0 Å². The van der Waals surface area contributed by atoms with Crippen LogP contribution in [0.15, 0.2) is 12.1 Å². The van der Waals surface area contributed by atoms with Crippen LogP contribution in [0.25, 0.3) is 0 Å². The normalized spacial score (nSPS) is 11.6. The number of aliphatic hydroxyl groups is 1. The number of rotatable bonds is 6. The molecule has 1 aromatic heterocycles. The molecule has 0 aliphatic rings. The van der Waals surface area contributed by atoms with Gasteiger partial charge in [-0.2, -0.15) is 13.2 Å². The largest absolute Gasteiger partial charge is 0.433 e. The Labute approximate surface area is 104 Å². The summed E-state index contributed by atoms with van der Waals surface area (Å²) in [6, 6.07) is 2.45. The molecule has 0 unspecified atom stereocenters. The van der Waals surface area contributed by atoms with Gasteiger partial charge in [-0.1, -0.05) is 19.8 Å². The van der Waals surface area contributed by atoms with E-state index in [0.29, 0.717) is 12.1 Å². The van der Waals surface area contributed by atoms with E-state index in [1.54, 1.807) is 6.07 Å². The Kier molecular flexibility index (Phi) is 5.40. The zero-order chi connectivity index (χ0) is 13.6. The maximum atomic E-state index is 12.6. The Morgan fingerprint density at radius 1 is 1.28 bits per heavy atom. The van der Waals surface area contributed by atoms with Crippen molar-refractivity contribution in [2.75, 3.05) is 12.0 Å². The number of aliphatic hydroxyl groups excluding tert-OH is 1. The highest BCUT2D eigenvalue weighted by Gasteiger charge is 2.33. The highest BCUT2D eigenvalue weighted by Crippen LogP contribution is 2.30. The monoisotopic (exact) mass is 262 g/mol. The van der Waals surface area contributed by atoms with Crippen molar-refractivity contribution < 1.29 is 18.3 Å². The number of aromatic nitrogens is 1. The molecule has 1 aromatic rings. The van der Waals surface area contributed by atoms with Gasteiger partial charge in [0.1, 0.15) is 12.4 Å². The predicted molar refractivity (Wildman–Crippen MR) is 63.2 cm³/mol. The average Bonchev–Trinajstić information content (AvgIpc) is 2.28. The molecule has 3 nitrogen and oxygen atoms in total. The van der Waals surface area contributed by atoms with E-state index in [9.17, 15) is 13.2 Å². The third-order valence-electron chi connectivity index (χ3n) is 2.49. The minimum atomic E-state index is -4.47. The molecule has 2 N–H and O–H groups in total. The second kappa shape index (κ2) is 6.58. The number of pyridine rings is 1. The average molecular weight is 262 g/mol. The van der Waals surface area contributed by atoms with Crippen LogP contribution in [0.5, 0.6) is 0 Å². The minimum absolute atomic E-state index is 0.242. The zero-order valence-corrected chi connectivity index (χ0v) is 10.2. The first-order valence-electron chi connectivity index (χ1n) is 5.90. The van der Waals surface area contributed by atoms with Crippen molar-refractivity contribution in [3.8, 4) is 0 Å². The quantitative estimate of drug-likeness (QED) is 0.611. The van der Waals surface area contributed by atoms with Crippen molar-refractivity contribution in [3.63, 3.8) is 0 Å². The van der Waals surface area contributed by atoms with Gasteiger partial charge in [-0.15, -0.1) is 0 Å². The molecular weight excluding hydrogens is 245 g/mol. The summed E-state index contributed by atoms with van der Waals surface area (Å²) in [4.78, 5) is 3.61. The topological polar surface area (TPSA) is 45.1 Å². The van der Waals surface area contributed by atoms with Gasteiger partial charge in [-0.3, -0.25) is 0 Å². The molecule has 0 aromatic carbocycles. The zero-order valence-electron chi connectivity index (χ0n) is 10.2. The lowest BCUT2D eigenvalue weighted by molar-refractivity contribution is -0.141. The molecule has 0 radical (unpaired) electrons. The highest BCUT2D eigenvalue weighted by atomic mass is 19.4. The number of aryl methyl sites for hydroxylation is 1. The Balaban J connectivity index is 2.91. The molecule has 0 bridgehead atoms. The summed E-state index contributed by atoms with van der Waals surface area (Å²) in [7, 11) is 0. The lowest BCUT2D eigenvalue weighted by Crippen LogP contribution is -2.11. The number of hydrogen-bond acceptors (Lipinski definition) is 3. The lowest BCUT2D eigenvalue weighted by Gasteiger charge is -2.11.